The van der Waals surface area contributed by atoms with Crippen molar-refractivity contribution in [1.29, 1.82) is 0 Å². The molecule has 2 aromatic heterocycles. The van der Waals surface area contributed by atoms with Gasteiger partial charge in [0.1, 0.15) is 0 Å². The molecule has 0 saturated heterocycles. The number of furan rings is 1. The van der Waals surface area contributed by atoms with Crippen LogP contribution in [0.25, 0.3) is 0 Å². The molecular weight excluding hydrogens is 236 g/mol. The second-order valence-corrected chi connectivity index (χ2v) is 4.66. The third kappa shape index (κ3) is 3.42. The third-order valence-electron chi connectivity index (χ3n) is 2.26. The zero-order chi connectivity index (χ0) is 12.1. The molecule has 0 radical (unpaired) electrons. The summed E-state index contributed by atoms with van der Waals surface area (Å²) in [6.07, 6.45) is 3.28. The molecule has 4 nitrogen and oxygen atoms in total. The minimum atomic E-state index is -0.162. The van der Waals surface area contributed by atoms with Crippen molar-refractivity contribution in [3.05, 3.63) is 40.2 Å². The predicted molar refractivity (Wildman–Crippen MR) is 66.2 cm³/mol. The van der Waals surface area contributed by atoms with Gasteiger partial charge in [0.25, 0.3) is 5.91 Å². The minimum absolute atomic E-state index is 0.162. The Labute approximate surface area is 104 Å². The van der Waals surface area contributed by atoms with Gasteiger partial charge in [-0.3, -0.25) is 4.79 Å². The van der Waals surface area contributed by atoms with Gasteiger partial charge in [-0.05, 0) is 25.5 Å². The van der Waals surface area contributed by atoms with Crippen LogP contribution in [0.15, 0.2) is 28.2 Å². The van der Waals surface area contributed by atoms with Gasteiger partial charge >= 0.3 is 0 Å². The van der Waals surface area contributed by atoms with Crippen LogP contribution in [0.3, 0.4) is 0 Å². The van der Waals surface area contributed by atoms with Crippen molar-refractivity contribution in [2.45, 2.75) is 19.8 Å². The number of nitrogens with zero attached hydrogens (tertiary/aromatic N) is 1. The maximum atomic E-state index is 11.5. The van der Waals surface area contributed by atoms with Gasteiger partial charge in [0, 0.05) is 24.0 Å². The van der Waals surface area contributed by atoms with E-state index in [0.29, 0.717) is 12.3 Å². The van der Waals surface area contributed by atoms with Crippen molar-refractivity contribution in [3.8, 4) is 0 Å². The van der Waals surface area contributed by atoms with E-state index in [-0.39, 0.29) is 5.91 Å². The first-order chi connectivity index (χ1) is 8.25. The van der Waals surface area contributed by atoms with Gasteiger partial charge in [-0.25, -0.2) is 4.98 Å². The highest BCUT2D eigenvalue weighted by atomic mass is 32.1. The molecule has 0 saturated carbocycles. The molecule has 0 aliphatic carbocycles. The fraction of sp³-hybridized carbons (Fsp3) is 0.333. The van der Waals surface area contributed by atoms with Crippen molar-refractivity contribution in [1.82, 2.24) is 10.3 Å². The lowest BCUT2D eigenvalue weighted by Crippen LogP contribution is -2.24. The molecule has 0 aliphatic rings. The Morgan fingerprint density at radius 3 is 3.12 bits per heavy atom. The number of carbonyl (C=O) groups excluding carboxylic acids is 1. The van der Waals surface area contributed by atoms with Gasteiger partial charge in [0.2, 0.25) is 0 Å². The van der Waals surface area contributed by atoms with Crippen LogP contribution in [-0.4, -0.2) is 17.4 Å². The smallest absolute Gasteiger partial charge is 0.286 e. The lowest BCUT2D eigenvalue weighted by molar-refractivity contribution is 0.0925. The summed E-state index contributed by atoms with van der Waals surface area (Å²) >= 11 is 1.66. The molecule has 1 amide bonds. The van der Waals surface area contributed by atoms with Crippen LogP contribution in [0.5, 0.6) is 0 Å². The summed E-state index contributed by atoms with van der Waals surface area (Å²) < 4.78 is 4.99. The van der Waals surface area contributed by atoms with Gasteiger partial charge in [-0.1, -0.05) is 0 Å². The number of nitrogens with one attached hydrogen (secondary N) is 1. The van der Waals surface area contributed by atoms with E-state index >= 15 is 0 Å². The summed E-state index contributed by atoms with van der Waals surface area (Å²) in [6.45, 7) is 2.62. The molecule has 0 fully saturated rings. The molecule has 0 atom stereocenters. The van der Waals surface area contributed by atoms with Crippen LogP contribution in [0, 0.1) is 6.92 Å². The van der Waals surface area contributed by atoms with E-state index in [1.807, 2.05) is 12.3 Å². The standard InChI is InChI=1S/C12H14N2O2S/c1-9-8-17-11(14-9)5-2-6-13-12(15)10-4-3-7-16-10/h3-4,7-8H,2,5-6H2,1H3,(H,13,15). The van der Waals surface area contributed by atoms with Crippen LogP contribution < -0.4 is 5.32 Å². The van der Waals surface area contributed by atoms with E-state index in [1.165, 1.54) is 6.26 Å². The SMILES string of the molecule is Cc1csc(CCCNC(=O)c2ccco2)n1. The number of aryl methyl sites for hydroxylation is 2. The minimum Gasteiger partial charge on any atom is -0.459 e. The summed E-state index contributed by atoms with van der Waals surface area (Å²) in [6, 6.07) is 3.35. The summed E-state index contributed by atoms with van der Waals surface area (Å²) in [4.78, 5) is 15.9. The zero-order valence-electron chi connectivity index (χ0n) is 9.60. The first-order valence-electron chi connectivity index (χ1n) is 5.48. The normalized spacial score (nSPS) is 10.4. The number of aromatic nitrogens is 1. The Hall–Kier alpha value is -1.62. The Kier molecular flexibility index (Phi) is 3.93. The molecule has 1 N–H and O–H groups in total. The van der Waals surface area contributed by atoms with Crippen LogP contribution in [0.2, 0.25) is 0 Å². The molecule has 2 rings (SSSR count). The van der Waals surface area contributed by atoms with Crippen molar-refractivity contribution in [3.63, 3.8) is 0 Å². The van der Waals surface area contributed by atoms with Crippen molar-refractivity contribution in [2.75, 3.05) is 6.54 Å². The highest BCUT2D eigenvalue weighted by Gasteiger charge is 2.06. The summed E-state index contributed by atoms with van der Waals surface area (Å²) in [5.41, 5.74) is 1.06. The van der Waals surface area contributed by atoms with Crippen LogP contribution in [0.1, 0.15) is 27.7 Å². The number of carbonyl (C=O) groups is 1. The Morgan fingerprint density at radius 2 is 2.47 bits per heavy atom. The van der Waals surface area contributed by atoms with Gasteiger partial charge in [0.15, 0.2) is 5.76 Å². The highest BCUT2D eigenvalue weighted by molar-refractivity contribution is 7.09. The Morgan fingerprint density at radius 1 is 1.59 bits per heavy atom. The predicted octanol–water partition coefficient (Wildman–Crippen LogP) is 2.41. The Balaban J connectivity index is 1.68. The average Bonchev–Trinajstić information content (AvgIpc) is 2.95. The van der Waals surface area contributed by atoms with Gasteiger partial charge in [-0.2, -0.15) is 0 Å². The molecule has 2 aromatic rings. The van der Waals surface area contributed by atoms with Crippen molar-refractivity contribution >= 4 is 17.2 Å². The van der Waals surface area contributed by atoms with Crippen LogP contribution in [-0.2, 0) is 6.42 Å². The molecular formula is C12H14N2O2S. The zero-order valence-corrected chi connectivity index (χ0v) is 10.4. The average molecular weight is 250 g/mol. The second kappa shape index (κ2) is 5.63. The number of hydrogen-bond acceptors (Lipinski definition) is 4. The topological polar surface area (TPSA) is 55.1 Å². The van der Waals surface area contributed by atoms with E-state index < -0.39 is 0 Å². The number of amides is 1. The molecule has 0 unspecified atom stereocenters. The molecule has 0 spiro atoms. The maximum absolute atomic E-state index is 11.5. The molecule has 0 aliphatic heterocycles. The first kappa shape index (κ1) is 11.9. The lowest BCUT2D eigenvalue weighted by atomic mass is 10.3. The summed E-state index contributed by atoms with van der Waals surface area (Å²) in [7, 11) is 0. The van der Waals surface area contributed by atoms with Gasteiger partial charge in [-0.15, -0.1) is 11.3 Å². The summed E-state index contributed by atoms with van der Waals surface area (Å²) in [5.74, 6) is 0.195. The fourth-order valence-electron chi connectivity index (χ4n) is 1.45. The lowest BCUT2D eigenvalue weighted by Gasteiger charge is -2.01. The van der Waals surface area contributed by atoms with E-state index in [1.54, 1.807) is 23.5 Å². The van der Waals surface area contributed by atoms with Crippen molar-refractivity contribution in [2.24, 2.45) is 0 Å². The van der Waals surface area contributed by atoms with Gasteiger partial charge in [0.05, 0.1) is 11.3 Å². The quantitative estimate of drug-likeness (QED) is 0.829. The first-order valence-corrected chi connectivity index (χ1v) is 6.36. The largest absolute Gasteiger partial charge is 0.459 e. The molecule has 90 valence electrons. The van der Waals surface area contributed by atoms with Crippen LogP contribution >= 0.6 is 11.3 Å². The number of rotatable bonds is 5. The third-order valence-corrected chi connectivity index (χ3v) is 3.29. The van der Waals surface area contributed by atoms with Crippen LogP contribution in [0.4, 0.5) is 0 Å². The summed E-state index contributed by atoms with van der Waals surface area (Å²) in [5, 5.41) is 5.96. The van der Waals surface area contributed by atoms with E-state index in [0.717, 1.165) is 23.5 Å². The Bertz CT molecular complexity index is 476. The molecule has 0 aromatic carbocycles. The monoisotopic (exact) mass is 250 g/mol. The second-order valence-electron chi connectivity index (χ2n) is 3.72. The number of thiazole rings is 1. The molecule has 2 heterocycles. The maximum Gasteiger partial charge on any atom is 0.286 e. The van der Waals surface area contributed by atoms with Gasteiger partial charge < -0.3 is 9.73 Å². The number of hydrogen-bond donors (Lipinski definition) is 1. The van der Waals surface area contributed by atoms with E-state index in [9.17, 15) is 4.79 Å². The van der Waals surface area contributed by atoms with E-state index in [4.69, 9.17) is 4.42 Å². The fourth-order valence-corrected chi connectivity index (χ4v) is 2.27. The molecule has 17 heavy (non-hydrogen) atoms. The molecule has 5 heteroatoms. The van der Waals surface area contributed by atoms with E-state index in [2.05, 4.69) is 10.3 Å². The highest BCUT2D eigenvalue weighted by Crippen LogP contribution is 2.10. The van der Waals surface area contributed by atoms with Crippen molar-refractivity contribution < 1.29 is 9.21 Å². The molecule has 0 bridgehead atoms.